The van der Waals surface area contributed by atoms with E-state index in [-0.39, 0.29) is 16.8 Å². The minimum atomic E-state index is -4.17. The number of benzene rings is 1. The number of hydrogen-bond donors (Lipinski definition) is 3. The van der Waals surface area contributed by atoms with Crippen molar-refractivity contribution in [2.75, 3.05) is 0 Å². The van der Waals surface area contributed by atoms with Crippen molar-refractivity contribution in [3.8, 4) is 0 Å². The Balaban J connectivity index is 2.12. The van der Waals surface area contributed by atoms with Crippen LogP contribution in [0.3, 0.4) is 0 Å². The van der Waals surface area contributed by atoms with Crippen molar-refractivity contribution in [2.45, 2.75) is 43.7 Å². The Morgan fingerprint density at radius 2 is 1.96 bits per heavy atom. The Kier molecular flexibility index (Phi) is 3.90. The van der Waals surface area contributed by atoms with Crippen LogP contribution >= 0.6 is 0 Å². The summed E-state index contributed by atoms with van der Waals surface area (Å²) in [5.74, 6) is -1.31. The third kappa shape index (κ3) is 2.52. The van der Waals surface area contributed by atoms with Gasteiger partial charge in [0.05, 0.1) is 11.6 Å². The molecule has 2 unspecified atom stereocenters. The number of aliphatic carboxylic acids is 1. The summed E-state index contributed by atoms with van der Waals surface area (Å²) in [7, 11) is -4.17. The molecule has 3 rings (SSSR count). The highest BCUT2D eigenvalue weighted by atomic mass is 32.2. The van der Waals surface area contributed by atoms with E-state index in [4.69, 9.17) is 0 Å². The van der Waals surface area contributed by atoms with E-state index < -0.39 is 33.1 Å². The van der Waals surface area contributed by atoms with Crippen molar-refractivity contribution in [3.63, 3.8) is 0 Å². The van der Waals surface area contributed by atoms with Gasteiger partial charge in [0.15, 0.2) is 0 Å². The number of rotatable bonds is 4. The molecule has 1 aromatic carbocycles. The molecule has 7 nitrogen and oxygen atoms in total. The van der Waals surface area contributed by atoms with Gasteiger partial charge in [0.25, 0.3) is 0 Å². The maximum atomic E-state index is 13.0. The van der Waals surface area contributed by atoms with Crippen LogP contribution in [0.25, 0.3) is 10.9 Å². The van der Waals surface area contributed by atoms with Gasteiger partial charge in [0.2, 0.25) is 10.0 Å². The highest BCUT2D eigenvalue weighted by molar-refractivity contribution is 7.89. The summed E-state index contributed by atoms with van der Waals surface area (Å²) >= 11 is 0. The molecular formula is C17H20N2O5S. The zero-order chi connectivity index (χ0) is 18.6. The number of aliphatic hydroxyl groups excluding tert-OH is 1. The summed E-state index contributed by atoms with van der Waals surface area (Å²) in [6.45, 7) is 4.81. The molecule has 0 aliphatic heterocycles. The van der Waals surface area contributed by atoms with Gasteiger partial charge in [0, 0.05) is 22.9 Å². The van der Waals surface area contributed by atoms with Crippen LogP contribution in [-0.2, 0) is 14.8 Å². The number of fused-ring (bicyclic) bond motifs is 1. The first-order valence-electron chi connectivity index (χ1n) is 7.83. The second-order valence-corrected chi connectivity index (χ2v) is 8.69. The number of carboxylic acids is 1. The van der Waals surface area contributed by atoms with Crippen molar-refractivity contribution in [2.24, 2.45) is 5.41 Å². The number of nitrogens with zero attached hydrogens (tertiary/aromatic N) is 1. The fraction of sp³-hybridized carbons (Fsp3) is 0.412. The highest BCUT2D eigenvalue weighted by Gasteiger charge is 2.66. The average Bonchev–Trinajstić information content (AvgIpc) is 2.53. The molecule has 8 heteroatoms. The molecule has 0 radical (unpaired) electrons. The molecular weight excluding hydrogens is 344 g/mol. The van der Waals surface area contributed by atoms with Crippen LogP contribution in [0.4, 0.5) is 0 Å². The standard InChI is InChI=1S/C17H20N2O5S/c1-10-7-8-11-5-4-6-12(14(11)18-10)25(23,24)19-17(15(21)22)9-13(20)16(17,2)3/h4-8,13,19-20H,9H2,1-3H3,(H,21,22). The van der Waals surface area contributed by atoms with E-state index in [2.05, 4.69) is 9.71 Å². The third-order valence-corrected chi connectivity index (χ3v) is 6.74. The van der Waals surface area contributed by atoms with Crippen LogP contribution in [0.1, 0.15) is 26.0 Å². The molecule has 2 aromatic rings. The molecule has 0 bridgehead atoms. The average molecular weight is 364 g/mol. The lowest BCUT2D eigenvalue weighted by Crippen LogP contribution is -2.75. The van der Waals surface area contributed by atoms with Gasteiger partial charge in [-0.2, -0.15) is 4.72 Å². The first-order chi connectivity index (χ1) is 11.5. The first-order valence-corrected chi connectivity index (χ1v) is 9.31. The van der Waals surface area contributed by atoms with Gasteiger partial charge >= 0.3 is 5.97 Å². The summed E-state index contributed by atoms with van der Waals surface area (Å²) in [5.41, 5.74) is -1.97. The van der Waals surface area contributed by atoms with Crippen LogP contribution in [0, 0.1) is 12.3 Å². The van der Waals surface area contributed by atoms with Crippen molar-refractivity contribution >= 4 is 26.9 Å². The van der Waals surface area contributed by atoms with E-state index >= 15 is 0 Å². The largest absolute Gasteiger partial charge is 0.480 e. The van der Waals surface area contributed by atoms with Crippen molar-refractivity contribution in [1.82, 2.24) is 9.71 Å². The molecule has 25 heavy (non-hydrogen) atoms. The predicted molar refractivity (Wildman–Crippen MR) is 91.6 cm³/mol. The van der Waals surface area contributed by atoms with E-state index in [1.807, 2.05) is 0 Å². The summed E-state index contributed by atoms with van der Waals surface area (Å²) < 4.78 is 28.3. The zero-order valence-corrected chi connectivity index (χ0v) is 15.0. The molecule has 1 aliphatic carbocycles. The van der Waals surface area contributed by atoms with Crippen molar-refractivity contribution in [1.29, 1.82) is 0 Å². The van der Waals surface area contributed by atoms with Gasteiger partial charge < -0.3 is 10.2 Å². The second-order valence-electron chi connectivity index (χ2n) is 7.04. The molecule has 0 spiro atoms. The maximum Gasteiger partial charge on any atom is 0.325 e. The van der Waals surface area contributed by atoms with Gasteiger partial charge in [-0.15, -0.1) is 0 Å². The molecule has 1 saturated carbocycles. The Hall–Kier alpha value is -2.03. The number of nitrogens with one attached hydrogen (secondary N) is 1. The van der Waals surface area contributed by atoms with Gasteiger partial charge in [-0.1, -0.05) is 32.0 Å². The number of pyridine rings is 1. The molecule has 1 aliphatic rings. The fourth-order valence-electron chi connectivity index (χ4n) is 3.26. The molecule has 0 saturated heterocycles. The van der Waals surface area contributed by atoms with Crippen LogP contribution in [0.2, 0.25) is 0 Å². The third-order valence-electron chi connectivity index (χ3n) is 5.22. The van der Waals surface area contributed by atoms with Gasteiger partial charge in [-0.3, -0.25) is 9.78 Å². The zero-order valence-electron chi connectivity index (χ0n) is 14.1. The number of sulfonamides is 1. The molecule has 0 amide bonds. The highest BCUT2D eigenvalue weighted by Crippen LogP contribution is 2.50. The fourth-order valence-corrected chi connectivity index (χ4v) is 4.94. The Labute approximate surface area is 145 Å². The normalized spacial score (nSPS) is 25.5. The first kappa shape index (κ1) is 17.8. The number of hydrogen-bond acceptors (Lipinski definition) is 5. The number of aromatic nitrogens is 1. The smallest absolute Gasteiger partial charge is 0.325 e. The lowest BCUT2D eigenvalue weighted by molar-refractivity contribution is -0.178. The van der Waals surface area contributed by atoms with Gasteiger partial charge in [-0.25, -0.2) is 8.42 Å². The van der Waals surface area contributed by atoms with E-state index in [1.165, 1.54) is 19.9 Å². The van der Waals surface area contributed by atoms with E-state index in [1.54, 1.807) is 31.2 Å². The van der Waals surface area contributed by atoms with Crippen molar-refractivity contribution < 1.29 is 23.4 Å². The maximum absolute atomic E-state index is 13.0. The second kappa shape index (κ2) is 5.48. The monoisotopic (exact) mass is 364 g/mol. The summed E-state index contributed by atoms with van der Waals surface area (Å²) in [4.78, 5) is 16.1. The van der Waals surface area contributed by atoms with Crippen molar-refractivity contribution in [3.05, 3.63) is 36.0 Å². The molecule has 1 heterocycles. The molecule has 1 fully saturated rings. The van der Waals surface area contributed by atoms with Gasteiger partial charge in [0.1, 0.15) is 10.4 Å². The topological polar surface area (TPSA) is 117 Å². The van der Waals surface area contributed by atoms with Gasteiger partial charge in [-0.05, 0) is 19.1 Å². The molecule has 3 N–H and O–H groups in total. The van der Waals surface area contributed by atoms with Crippen LogP contribution in [0.5, 0.6) is 0 Å². The minimum absolute atomic E-state index is 0.0773. The minimum Gasteiger partial charge on any atom is -0.480 e. The summed E-state index contributed by atoms with van der Waals surface area (Å²) in [6, 6.07) is 8.26. The number of aryl methyl sites for hydroxylation is 1. The number of para-hydroxylation sites is 1. The van der Waals surface area contributed by atoms with E-state index in [0.29, 0.717) is 11.1 Å². The Morgan fingerprint density at radius 3 is 2.52 bits per heavy atom. The van der Waals surface area contributed by atoms with Crippen LogP contribution in [-0.4, -0.2) is 41.2 Å². The van der Waals surface area contributed by atoms with E-state index in [9.17, 15) is 23.4 Å². The van der Waals surface area contributed by atoms with E-state index in [0.717, 1.165) is 0 Å². The number of carboxylic acid groups (broad SMARTS) is 1. The molecule has 1 aromatic heterocycles. The predicted octanol–water partition coefficient (Wildman–Crippen LogP) is 1.44. The quantitative estimate of drug-likeness (QED) is 0.756. The van der Waals surface area contributed by atoms with Crippen LogP contribution in [0.15, 0.2) is 35.2 Å². The number of carbonyl (C=O) groups is 1. The number of aliphatic hydroxyl groups is 1. The molecule has 134 valence electrons. The summed E-state index contributed by atoms with van der Waals surface area (Å²) in [6.07, 6.45) is -1.09. The lowest BCUT2D eigenvalue weighted by atomic mass is 9.55. The van der Waals surface area contributed by atoms with Crippen LogP contribution < -0.4 is 4.72 Å². The summed E-state index contributed by atoms with van der Waals surface area (Å²) in [5, 5.41) is 20.2. The SMILES string of the molecule is Cc1ccc2cccc(S(=O)(=O)NC3(C(=O)O)CC(O)C3(C)C)c2n1. The molecule has 2 atom stereocenters. The Bertz CT molecular complexity index is 970. The Morgan fingerprint density at radius 1 is 1.28 bits per heavy atom. The lowest BCUT2D eigenvalue weighted by Gasteiger charge is -2.56.